The highest BCUT2D eigenvalue weighted by atomic mass is 16.3. The second-order valence-corrected chi connectivity index (χ2v) is 7.44. The van der Waals surface area contributed by atoms with Gasteiger partial charge in [-0.25, -0.2) is 9.97 Å². The van der Waals surface area contributed by atoms with Crippen molar-refractivity contribution in [2.24, 2.45) is 0 Å². The van der Waals surface area contributed by atoms with Crippen LogP contribution in [-0.2, 0) is 17.3 Å². The third-order valence-electron chi connectivity index (χ3n) is 3.26. The molecule has 2 rings (SSSR count). The zero-order valence-electron chi connectivity index (χ0n) is 13.7. The van der Waals surface area contributed by atoms with E-state index in [1.807, 2.05) is 47.6 Å². The molecule has 5 nitrogen and oxygen atoms in total. The van der Waals surface area contributed by atoms with Gasteiger partial charge in [0, 0.05) is 29.1 Å². The molecule has 2 aromatic rings. The maximum atomic E-state index is 10.6. The van der Waals surface area contributed by atoms with Crippen LogP contribution in [0.5, 0.6) is 5.75 Å². The molecule has 0 saturated carbocycles. The molecule has 0 radical (unpaired) electrons. The highest BCUT2D eigenvalue weighted by Crippen LogP contribution is 2.36. The Kier molecular flexibility index (Phi) is 3.78. The summed E-state index contributed by atoms with van der Waals surface area (Å²) in [6, 6.07) is 1.91. The van der Waals surface area contributed by atoms with Gasteiger partial charge in [-0.1, -0.05) is 41.5 Å². The maximum absolute atomic E-state index is 10.6. The van der Waals surface area contributed by atoms with Crippen LogP contribution in [0.25, 0.3) is 0 Å². The van der Waals surface area contributed by atoms with Crippen molar-refractivity contribution in [1.82, 2.24) is 20.2 Å². The summed E-state index contributed by atoms with van der Waals surface area (Å²) >= 11 is 0. The van der Waals surface area contributed by atoms with Crippen molar-refractivity contribution >= 4 is 0 Å². The molecule has 21 heavy (non-hydrogen) atoms. The Balaban J connectivity index is 2.56. The third-order valence-corrected chi connectivity index (χ3v) is 3.26. The minimum Gasteiger partial charge on any atom is -0.504 e. The molecule has 0 spiro atoms. The van der Waals surface area contributed by atoms with Crippen LogP contribution in [0.4, 0.5) is 0 Å². The molecule has 0 aliphatic rings. The van der Waals surface area contributed by atoms with Gasteiger partial charge >= 0.3 is 0 Å². The molecule has 0 amide bonds. The topological polar surface area (TPSA) is 74.7 Å². The first-order valence-electron chi connectivity index (χ1n) is 7.18. The molecular weight excluding hydrogens is 264 g/mol. The van der Waals surface area contributed by atoms with Gasteiger partial charge in [-0.2, -0.15) is 5.10 Å². The number of hydrogen-bond donors (Lipinski definition) is 2. The summed E-state index contributed by atoms with van der Waals surface area (Å²) in [4.78, 5) is 9.17. The van der Waals surface area contributed by atoms with Gasteiger partial charge in [0.1, 0.15) is 5.82 Å². The molecule has 5 heteroatoms. The Morgan fingerprint density at radius 3 is 1.90 bits per heavy atom. The lowest BCUT2D eigenvalue weighted by Gasteiger charge is -2.26. The van der Waals surface area contributed by atoms with Crippen LogP contribution in [0.2, 0.25) is 0 Å². The zero-order valence-corrected chi connectivity index (χ0v) is 13.7. The minimum absolute atomic E-state index is 0.211. The van der Waals surface area contributed by atoms with Gasteiger partial charge in [-0.15, -0.1) is 0 Å². The van der Waals surface area contributed by atoms with Gasteiger partial charge < -0.3 is 5.11 Å². The smallest absolute Gasteiger partial charge is 0.159 e. The normalized spacial score (nSPS) is 12.7. The lowest BCUT2D eigenvalue weighted by Crippen LogP contribution is -2.22. The average molecular weight is 288 g/mol. The van der Waals surface area contributed by atoms with Crippen molar-refractivity contribution in [2.45, 2.75) is 58.8 Å². The first kappa shape index (κ1) is 15.5. The molecule has 2 N–H and O–H groups in total. The Labute approximate surface area is 125 Å². The van der Waals surface area contributed by atoms with Gasteiger partial charge in [0.05, 0.1) is 11.4 Å². The summed E-state index contributed by atoms with van der Waals surface area (Å²) in [5.74, 6) is 0.912. The molecular formula is C16H24N4O. The van der Waals surface area contributed by atoms with Gasteiger partial charge in [0.2, 0.25) is 0 Å². The van der Waals surface area contributed by atoms with E-state index in [0.29, 0.717) is 23.6 Å². The van der Waals surface area contributed by atoms with Crippen LogP contribution in [0.15, 0.2) is 12.3 Å². The van der Waals surface area contributed by atoms with Crippen LogP contribution in [-0.4, -0.2) is 25.3 Å². The minimum atomic E-state index is -0.240. The molecule has 0 aliphatic heterocycles. The SMILES string of the molecule is CC(C)(C)c1nc(Cc2ccn[nH]2)nc(C(C)(C)C)c1O. The van der Waals surface area contributed by atoms with E-state index in [1.54, 1.807) is 6.20 Å². The van der Waals surface area contributed by atoms with Crippen molar-refractivity contribution in [1.29, 1.82) is 0 Å². The van der Waals surface area contributed by atoms with Crippen molar-refractivity contribution in [2.75, 3.05) is 0 Å². The number of aromatic hydroxyl groups is 1. The molecule has 2 heterocycles. The maximum Gasteiger partial charge on any atom is 0.159 e. The predicted octanol–water partition coefficient (Wildman–Crippen LogP) is 3.09. The van der Waals surface area contributed by atoms with E-state index in [9.17, 15) is 5.11 Å². The number of H-pyrrole nitrogens is 1. The lowest BCUT2D eigenvalue weighted by atomic mass is 9.85. The van der Waals surface area contributed by atoms with E-state index in [0.717, 1.165) is 5.69 Å². The molecule has 0 fully saturated rings. The zero-order chi connectivity index (χ0) is 15.8. The first-order chi connectivity index (χ1) is 9.59. The second kappa shape index (κ2) is 5.13. The summed E-state index contributed by atoms with van der Waals surface area (Å²) < 4.78 is 0. The van der Waals surface area contributed by atoms with Crippen LogP contribution in [0.3, 0.4) is 0 Å². The molecule has 114 valence electrons. The Hall–Kier alpha value is -1.91. The Bertz CT molecular complexity index is 584. The molecule has 0 saturated heterocycles. The van der Waals surface area contributed by atoms with Crippen molar-refractivity contribution in [3.8, 4) is 5.75 Å². The fraction of sp³-hybridized carbons (Fsp3) is 0.562. The Morgan fingerprint density at radius 2 is 1.52 bits per heavy atom. The largest absolute Gasteiger partial charge is 0.504 e. The average Bonchev–Trinajstić information content (AvgIpc) is 2.81. The summed E-state index contributed by atoms with van der Waals surface area (Å²) in [5, 5.41) is 17.4. The van der Waals surface area contributed by atoms with Crippen LogP contribution in [0, 0.1) is 0 Å². The van der Waals surface area contributed by atoms with E-state index < -0.39 is 0 Å². The summed E-state index contributed by atoms with van der Waals surface area (Å²) in [6.07, 6.45) is 2.29. The van der Waals surface area contributed by atoms with E-state index in [4.69, 9.17) is 0 Å². The second-order valence-electron chi connectivity index (χ2n) is 7.44. The summed E-state index contributed by atoms with van der Waals surface area (Å²) in [6.45, 7) is 12.3. The van der Waals surface area contributed by atoms with E-state index in [1.165, 1.54) is 0 Å². The number of aromatic nitrogens is 4. The van der Waals surface area contributed by atoms with Crippen molar-refractivity contribution in [3.63, 3.8) is 0 Å². The van der Waals surface area contributed by atoms with Crippen molar-refractivity contribution in [3.05, 3.63) is 35.2 Å². The van der Waals surface area contributed by atoms with E-state index >= 15 is 0 Å². The monoisotopic (exact) mass is 288 g/mol. The molecule has 2 aromatic heterocycles. The first-order valence-corrected chi connectivity index (χ1v) is 7.18. The third kappa shape index (κ3) is 3.40. The van der Waals surface area contributed by atoms with Gasteiger partial charge in [0.15, 0.2) is 5.75 Å². The van der Waals surface area contributed by atoms with Crippen LogP contribution >= 0.6 is 0 Å². The molecule has 0 aliphatic carbocycles. The number of nitrogens with zero attached hydrogens (tertiary/aromatic N) is 3. The Morgan fingerprint density at radius 1 is 1.00 bits per heavy atom. The number of hydrogen-bond acceptors (Lipinski definition) is 4. The fourth-order valence-corrected chi connectivity index (χ4v) is 2.18. The highest BCUT2D eigenvalue weighted by Gasteiger charge is 2.29. The standard InChI is InChI=1S/C16H24N4O/c1-15(2,3)13-12(21)14(16(4,5)6)19-11(18-13)9-10-7-8-17-20-10/h7-8,21H,9H2,1-6H3,(H,17,20). The molecule has 0 atom stereocenters. The van der Waals surface area contributed by atoms with Gasteiger partial charge in [-0.05, 0) is 6.07 Å². The van der Waals surface area contributed by atoms with Gasteiger partial charge in [0.25, 0.3) is 0 Å². The van der Waals surface area contributed by atoms with E-state index in [2.05, 4.69) is 20.2 Å². The quantitative estimate of drug-likeness (QED) is 0.890. The fourth-order valence-electron chi connectivity index (χ4n) is 2.18. The lowest BCUT2D eigenvalue weighted by molar-refractivity contribution is 0.404. The van der Waals surface area contributed by atoms with Crippen LogP contribution < -0.4 is 0 Å². The van der Waals surface area contributed by atoms with Crippen molar-refractivity contribution < 1.29 is 5.11 Å². The molecule has 0 bridgehead atoms. The van der Waals surface area contributed by atoms with Crippen LogP contribution in [0.1, 0.15) is 64.4 Å². The number of nitrogens with one attached hydrogen (secondary N) is 1. The highest BCUT2D eigenvalue weighted by molar-refractivity contribution is 5.40. The molecule has 0 aromatic carbocycles. The van der Waals surface area contributed by atoms with E-state index in [-0.39, 0.29) is 16.6 Å². The molecule has 0 unspecified atom stereocenters. The summed E-state index contributed by atoms with van der Waals surface area (Å²) in [7, 11) is 0. The number of rotatable bonds is 2. The van der Waals surface area contributed by atoms with Gasteiger partial charge in [-0.3, -0.25) is 5.10 Å². The summed E-state index contributed by atoms with van der Waals surface area (Å²) in [5.41, 5.74) is 1.86. The number of aromatic amines is 1. The predicted molar refractivity (Wildman–Crippen MR) is 82.5 cm³/mol.